The fraction of sp³-hybridized carbons (Fsp3) is 0.500. The van der Waals surface area contributed by atoms with Crippen molar-refractivity contribution in [3.05, 3.63) is 64.6 Å². The van der Waals surface area contributed by atoms with Crippen LogP contribution in [0.25, 0.3) is 17.2 Å². The minimum atomic E-state index is 0. The molecule has 7 heteroatoms. The Hall–Kier alpha value is -1.92. The molecule has 0 bridgehead atoms. The van der Waals surface area contributed by atoms with Gasteiger partial charge in [0.25, 0.3) is 0 Å². The third-order valence-corrected chi connectivity index (χ3v) is 6.80. The van der Waals surface area contributed by atoms with Crippen LogP contribution in [0.3, 0.4) is 0 Å². The summed E-state index contributed by atoms with van der Waals surface area (Å²) >= 11 is 0. The van der Waals surface area contributed by atoms with E-state index in [4.69, 9.17) is 9.97 Å². The largest absolute Gasteiger partial charge is 0.308 e. The highest BCUT2D eigenvalue weighted by molar-refractivity contribution is 5.85. The number of halogens is 2. The van der Waals surface area contributed by atoms with Crippen molar-refractivity contribution in [3.8, 4) is 0 Å². The Kier molecular flexibility index (Phi) is 11.2. The first kappa shape index (κ1) is 29.3. The van der Waals surface area contributed by atoms with Crippen LogP contribution in [0.4, 0.5) is 0 Å². The highest BCUT2D eigenvalue weighted by atomic mass is 35.5. The van der Waals surface area contributed by atoms with Gasteiger partial charge in [0, 0.05) is 50.9 Å². The number of rotatable bonds is 8. The van der Waals surface area contributed by atoms with Gasteiger partial charge in [-0.3, -0.25) is 4.90 Å². The van der Waals surface area contributed by atoms with E-state index in [1.807, 2.05) is 0 Å². The monoisotopic (exact) mass is 517 g/mol. The summed E-state index contributed by atoms with van der Waals surface area (Å²) < 4.78 is 2.28. The van der Waals surface area contributed by atoms with Gasteiger partial charge in [-0.1, -0.05) is 43.3 Å². The van der Waals surface area contributed by atoms with E-state index in [1.54, 1.807) is 0 Å². The number of aromatic nitrogens is 3. The summed E-state index contributed by atoms with van der Waals surface area (Å²) in [6, 6.07) is 11.7. The van der Waals surface area contributed by atoms with Crippen LogP contribution in [0, 0.1) is 13.8 Å². The van der Waals surface area contributed by atoms with Gasteiger partial charge in [0.2, 0.25) is 0 Å². The standard InChI is InChI=1S/C28H39N5.2ClH/c1-6-26-30-27-22(4)19-23(5)29-28(27)33(26)20-25-12-10-24(11-13-25)9-7-8-14-31-15-17-32(18-16-31)21(2)3;;/h7,9-13,19,21H,6,8,14-18,20H2,1-5H3;2*1H/b9-7+;;. The van der Waals surface area contributed by atoms with Crippen molar-refractivity contribution < 1.29 is 0 Å². The average molecular weight is 519 g/mol. The fourth-order valence-electron chi connectivity index (χ4n) is 4.78. The summed E-state index contributed by atoms with van der Waals surface area (Å²) in [5.74, 6) is 1.10. The maximum atomic E-state index is 4.87. The van der Waals surface area contributed by atoms with Crippen molar-refractivity contribution in [2.75, 3.05) is 32.7 Å². The second-order valence-corrected chi connectivity index (χ2v) is 9.62. The maximum Gasteiger partial charge on any atom is 0.160 e. The first-order valence-electron chi connectivity index (χ1n) is 12.5. The summed E-state index contributed by atoms with van der Waals surface area (Å²) in [4.78, 5) is 14.8. The van der Waals surface area contributed by atoms with E-state index in [0.29, 0.717) is 6.04 Å². The van der Waals surface area contributed by atoms with Crippen LogP contribution in [0.15, 0.2) is 36.4 Å². The molecule has 35 heavy (non-hydrogen) atoms. The highest BCUT2D eigenvalue weighted by Gasteiger charge is 2.17. The van der Waals surface area contributed by atoms with Gasteiger partial charge in [-0.25, -0.2) is 9.97 Å². The third kappa shape index (κ3) is 7.29. The Balaban J connectivity index is 0.00000216. The van der Waals surface area contributed by atoms with Gasteiger partial charge >= 0.3 is 0 Å². The van der Waals surface area contributed by atoms with E-state index >= 15 is 0 Å². The summed E-state index contributed by atoms with van der Waals surface area (Å²) in [7, 11) is 0. The molecule has 3 heterocycles. The van der Waals surface area contributed by atoms with Crippen LogP contribution in [0.1, 0.15) is 55.4 Å². The second-order valence-electron chi connectivity index (χ2n) is 9.62. The molecule has 5 nitrogen and oxygen atoms in total. The lowest BCUT2D eigenvalue weighted by molar-refractivity contribution is 0.110. The molecule has 0 unspecified atom stereocenters. The molecule has 1 fully saturated rings. The Bertz CT molecular complexity index is 1100. The number of imidazole rings is 1. The van der Waals surface area contributed by atoms with E-state index in [2.05, 4.69) is 91.5 Å². The lowest BCUT2D eigenvalue weighted by Crippen LogP contribution is -2.48. The smallest absolute Gasteiger partial charge is 0.160 e. The summed E-state index contributed by atoms with van der Waals surface area (Å²) in [5, 5.41) is 0. The van der Waals surface area contributed by atoms with E-state index < -0.39 is 0 Å². The van der Waals surface area contributed by atoms with Crippen LogP contribution in [-0.2, 0) is 13.0 Å². The molecular formula is C28H41Cl2N5. The van der Waals surface area contributed by atoms with Gasteiger partial charge in [0.1, 0.15) is 11.3 Å². The van der Waals surface area contributed by atoms with E-state index in [1.165, 1.54) is 42.9 Å². The molecule has 0 spiro atoms. The number of piperazine rings is 1. The van der Waals surface area contributed by atoms with Crippen LogP contribution < -0.4 is 0 Å². The van der Waals surface area contributed by atoms with E-state index in [-0.39, 0.29) is 24.8 Å². The molecule has 192 valence electrons. The van der Waals surface area contributed by atoms with Gasteiger partial charge < -0.3 is 9.47 Å². The third-order valence-electron chi connectivity index (χ3n) is 6.80. The number of hydrogen-bond acceptors (Lipinski definition) is 4. The Morgan fingerprint density at radius 3 is 2.29 bits per heavy atom. The molecule has 1 aliphatic heterocycles. The van der Waals surface area contributed by atoms with Gasteiger partial charge in [-0.05, 0) is 56.9 Å². The number of nitrogens with zero attached hydrogens (tertiary/aromatic N) is 5. The van der Waals surface area contributed by atoms with Crippen LogP contribution in [0.5, 0.6) is 0 Å². The summed E-state index contributed by atoms with van der Waals surface area (Å²) in [6.07, 6.45) is 6.58. The quantitative estimate of drug-likeness (QED) is 0.370. The number of pyridine rings is 1. The molecule has 0 aliphatic carbocycles. The first-order chi connectivity index (χ1) is 15.9. The van der Waals surface area contributed by atoms with Crippen LogP contribution in [-0.4, -0.2) is 63.1 Å². The highest BCUT2D eigenvalue weighted by Crippen LogP contribution is 2.21. The zero-order valence-electron chi connectivity index (χ0n) is 21.8. The van der Waals surface area contributed by atoms with Gasteiger partial charge in [0.15, 0.2) is 5.65 Å². The molecule has 1 aromatic carbocycles. The minimum absolute atomic E-state index is 0. The normalized spacial score (nSPS) is 15.0. The molecular weight excluding hydrogens is 477 g/mol. The lowest BCUT2D eigenvalue weighted by Gasteiger charge is -2.36. The van der Waals surface area contributed by atoms with Gasteiger partial charge in [0.05, 0.1) is 6.54 Å². The van der Waals surface area contributed by atoms with Gasteiger partial charge in [-0.15, -0.1) is 24.8 Å². The summed E-state index contributed by atoms with van der Waals surface area (Å²) in [6.45, 7) is 17.7. The molecule has 0 saturated carbocycles. The fourth-order valence-corrected chi connectivity index (χ4v) is 4.78. The summed E-state index contributed by atoms with van der Waals surface area (Å²) in [5.41, 5.74) is 6.83. The van der Waals surface area contributed by atoms with Crippen molar-refractivity contribution in [2.45, 2.75) is 60.0 Å². The molecule has 0 atom stereocenters. The van der Waals surface area contributed by atoms with Crippen LogP contribution in [0.2, 0.25) is 0 Å². The zero-order chi connectivity index (χ0) is 23.4. The van der Waals surface area contributed by atoms with Crippen molar-refractivity contribution in [1.29, 1.82) is 0 Å². The number of aryl methyl sites for hydroxylation is 3. The Morgan fingerprint density at radius 1 is 0.971 bits per heavy atom. The van der Waals surface area contributed by atoms with Crippen molar-refractivity contribution in [1.82, 2.24) is 24.3 Å². The molecule has 1 saturated heterocycles. The van der Waals surface area contributed by atoms with Crippen molar-refractivity contribution in [3.63, 3.8) is 0 Å². The van der Waals surface area contributed by atoms with Crippen molar-refractivity contribution >= 4 is 42.1 Å². The number of fused-ring (bicyclic) bond motifs is 1. The van der Waals surface area contributed by atoms with E-state index in [0.717, 1.165) is 48.6 Å². The SMILES string of the molecule is CCc1nc2c(C)cc(C)nc2n1Cc1ccc(/C=C/CCN2CCN(C(C)C)CC2)cc1.Cl.Cl. The lowest BCUT2D eigenvalue weighted by atomic mass is 10.1. The first-order valence-corrected chi connectivity index (χ1v) is 12.5. The Morgan fingerprint density at radius 2 is 1.66 bits per heavy atom. The second kappa shape index (κ2) is 13.4. The van der Waals surface area contributed by atoms with E-state index in [9.17, 15) is 0 Å². The maximum absolute atomic E-state index is 4.87. The average Bonchev–Trinajstić information content (AvgIpc) is 3.15. The molecule has 0 N–H and O–H groups in total. The van der Waals surface area contributed by atoms with Crippen LogP contribution >= 0.6 is 24.8 Å². The molecule has 0 amide bonds. The predicted molar refractivity (Wildman–Crippen MR) is 153 cm³/mol. The molecule has 3 aromatic rings. The van der Waals surface area contributed by atoms with Crippen molar-refractivity contribution in [2.24, 2.45) is 0 Å². The molecule has 1 aliphatic rings. The minimum Gasteiger partial charge on any atom is -0.308 e. The topological polar surface area (TPSA) is 37.2 Å². The van der Waals surface area contributed by atoms with Gasteiger partial charge in [-0.2, -0.15) is 0 Å². The molecule has 2 aromatic heterocycles. The number of benzene rings is 1. The Labute approximate surface area is 223 Å². The molecule has 0 radical (unpaired) electrons. The zero-order valence-corrected chi connectivity index (χ0v) is 23.5. The number of hydrogen-bond donors (Lipinski definition) is 0. The molecule has 4 rings (SSSR count). The predicted octanol–water partition coefficient (Wildman–Crippen LogP) is 5.93.